The predicted molar refractivity (Wildman–Crippen MR) is 63.0 cm³/mol. The second-order valence-corrected chi connectivity index (χ2v) is 3.51. The first-order valence-corrected chi connectivity index (χ1v) is 5.08. The summed E-state index contributed by atoms with van der Waals surface area (Å²) < 4.78 is 0. The van der Waals surface area contributed by atoms with E-state index in [2.05, 4.69) is 0 Å². The second-order valence-electron chi connectivity index (χ2n) is 3.51. The van der Waals surface area contributed by atoms with Crippen LogP contribution in [0.3, 0.4) is 0 Å². The summed E-state index contributed by atoms with van der Waals surface area (Å²) in [5.74, 6) is -0.553. The Morgan fingerprint density at radius 2 is 1.75 bits per heavy atom. The number of carbonyl (C=O) groups is 2. The third kappa shape index (κ3) is 2.57. The maximum absolute atomic E-state index is 11.9. The molecule has 0 unspecified atom stereocenters. The number of allylic oxidation sites excluding steroid dienone is 1. The number of carbonyl (C=O) groups excluding carboxylic acids is 2. The molecule has 16 heavy (non-hydrogen) atoms. The van der Waals surface area contributed by atoms with E-state index < -0.39 is 0 Å². The highest BCUT2D eigenvalue weighted by atomic mass is 16.2. The van der Waals surface area contributed by atoms with Crippen LogP contribution in [0.5, 0.6) is 0 Å². The molecule has 0 aliphatic heterocycles. The zero-order chi connectivity index (χ0) is 12.1. The van der Waals surface area contributed by atoms with Crippen LogP contribution in [0.4, 0.5) is 0 Å². The number of rotatable bonds is 2. The maximum Gasteiger partial charge on any atom is 0.260 e. The van der Waals surface area contributed by atoms with Crippen LogP contribution >= 0.6 is 0 Å². The van der Waals surface area contributed by atoms with Crippen LogP contribution in [-0.4, -0.2) is 23.8 Å². The van der Waals surface area contributed by atoms with Crippen molar-refractivity contribution < 1.29 is 9.59 Å². The lowest BCUT2D eigenvalue weighted by atomic mass is 10.2. The van der Waals surface area contributed by atoms with Crippen molar-refractivity contribution in [3.05, 3.63) is 47.5 Å². The second kappa shape index (κ2) is 5.26. The molecule has 0 bridgehead atoms. The maximum atomic E-state index is 11.9. The van der Waals surface area contributed by atoms with Crippen LogP contribution in [0.2, 0.25) is 0 Å². The molecule has 0 fully saturated rings. The molecule has 2 amide bonds. The van der Waals surface area contributed by atoms with Gasteiger partial charge in [0.05, 0.1) is 0 Å². The molecule has 0 radical (unpaired) electrons. The zero-order valence-electron chi connectivity index (χ0n) is 9.73. The summed E-state index contributed by atoms with van der Waals surface area (Å²) in [5, 5.41) is 0. The van der Waals surface area contributed by atoms with Crippen molar-refractivity contribution in [1.82, 2.24) is 4.90 Å². The lowest BCUT2D eigenvalue weighted by Crippen LogP contribution is -2.33. The van der Waals surface area contributed by atoms with Gasteiger partial charge >= 0.3 is 0 Å². The molecule has 0 heterocycles. The Labute approximate surface area is 95.4 Å². The molecule has 0 saturated carbocycles. The van der Waals surface area contributed by atoms with Gasteiger partial charge in [0.25, 0.3) is 11.8 Å². The summed E-state index contributed by atoms with van der Waals surface area (Å²) in [4.78, 5) is 24.7. The average Bonchev–Trinajstić information content (AvgIpc) is 2.36. The van der Waals surface area contributed by atoms with Gasteiger partial charge in [-0.3, -0.25) is 14.5 Å². The van der Waals surface area contributed by atoms with Gasteiger partial charge in [-0.2, -0.15) is 0 Å². The Balaban J connectivity index is 2.88. The van der Waals surface area contributed by atoms with E-state index in [-0.39, 0.29) is 11.8 Å². The van der Waals surface area contributed by atoms with Crippen molar-refractivity contribution in [2.45, 2.75) is 13.8 Å². The molecule has 0 aromatic heterocycles. The molecule has 84 valence electrons. The van der Waals surface area contributed by atoms with Crippen molar-refractivity contribution in [2.24, 2.45) is 0 Å². The fourth-order valence-electron chi connectivity index (χ4n) is 1.25. The number of hydrogen-bond donors (Lipinski definition) is 0. The van der Waals surface area contributed by atoms with Gasteiger partial charge in [0.1, 0.15) is 0 Å². The van der Waals surface area contributed by atoms with E-state index in [0.717, 1.165) is 4.90 Å². The van der Waals surface area contributed by atoms with Gasteiger partial charge in [0.2, 0.25) is 0 Å². The van der Waals surface area contributed by atoms with Crippen molar-refractivity contribution in [2.75, 3.05) is 7.05 Å². The van der Waals surface area contributed by atoms with Gasteiger partial charge in [-0.25, -0.2) is 0 Å². The highest BCUT2D eigenvalue weighted by Crippen LogP contribution is 2.06. The van der Waals surface area contributed by atoms with E-state index in [1.54, 1.807) is 44.2 Å². The van der Waals surface area contributed by atoms with Gasteiger partial charge in [-0.15, -0.1) is 0 Å². The van der Waals surface area contributed by atoms with Crippen LogP contribution in [0, 0.1) is 0 Å². The number of nitrogens with zero attached hydrogens (tertiary/aromatic N) is 1. The van der Waals surface area contributed by atoms with Gasteiger partial charge in [-0.1, -0.05) is 24.3 Å². The zero-order valence-corrected chi connectivity index (χ0v) is 9.73. The quantitative estimate of drug-likeness (QED) is 0.712. The normalized spacial score (nSPS) is 11.1. The number of benzene rings is 1. The highest BCUT2D eigenvalue weighted by molar-refractivity contribution is 6.09. The Bertz CT molecular complexity index is 421. The molecule has 1 aromatic rings. The fraction of sp³-hybridized carbons (Fsp3) is 0.231. The van der Waals surface area contributed by atoms with Gasteiger partial charge in [-0.05, 0) is 26.0 Å². The van der Waals surface area contributed by atoms with Gasteiger partial charge < -0.3 is 0 Å². The van der Waals surface area contributed by atoms with Crippen LogP contribution in [0.25, 0.3) is 0 Å². The van der Waals surface area contributed by atoms with Crippen LogP contribution in [-0.2, 0) is 4.79 Å². The standard InChI is InChI=1S/C13H15NO2/c1-4-10(2)12(15)14(3)13(16)11-8-6-5-7-9-11/h4-9H,1-3H3/b10-4+. The number of hydrogen-bond acceptors (Lipinski definition) is 2. The molecule has 0 N–H and O–H groups in total. The molecule has 0 spiro atoms. The van der Waals surface area contributed by atoms with E-state index in [4.69, 9.17) is 0 Å². The minimum Gasteiger partial charge on any atom is -0.278 e. The fourth-order valence-corrected chi connectivity index (χ4v) is 1.25. The third-order valence-corrected chi connectivity index (χ3v) is 2.40. The molecular formula is C13H15NO2. The third-order valence-electron chi connectivity index (χ3n) is 2.40. The Morgan fingerprint density at radius 3 is 2.25 bits per heavy atom. The Kier molecular flexibility index (Phi) is 4.00. The first-order chi connectivity index (χ1) is 7.57. The molecular weight excluding hydrogens is 202 g/mol. The molecule has 0 aliphatic carbocycles. The van der Waals surface area contributed by atoms with E-state index in [1.165, 1.54) is 7.05 Å². The lowest BCUT2D eigenvalue weighted by Gasteiger charge is -2.15. The Hall–Kier alpha value is -1.90. The van der Waals surface area contributed by atoms with E-state index in [0.29, 0.717) is 11.1 Å². The van der Waals surface area contributed by atoms with E-state index in [9.17, 15) is 9.59 Å². The summed E-state index contributed by atoms with van der Waals surface area (Å²) >= 11 is 0. The molecule has 0 atom stereocenters. The minimum absolute atomic E-state index is 0.267. The minimum atomic E-state index is -0.285. The van der Waals surface area contributed by atoms with E-state index in [1.807, 2.05) is 6.07 Å². The largest absolute Gasteiger partial charge is 0.278 e. The molecule has 3 nitrogen and oxygen atoms in total. The van der Waals surface area contributed by atoms with Crippen molar-refractivity contribution >= 4 is 11.8 Å². The summed E-state index contributed by atoms with van der Waals surface area (Å²) in [6.07, 6.45) is 1.69. The van der Waals surface area contributed by atoms with Gasteiger partial charge in [0.15, 0.2) is 0 Å². The van der Waals surface area contributed by atoms with E-state index >= 15 is 0 Å². The monoisotopic (exact) mass is 217 g/mol. The van der Waals surface area contributed by atoms with Crippen LogP contribution in [0.1, 0.15) is 24.2 Å². The van der Waals surface area contributed by atoms with Crippen molar-refractivity contribution in [1.29, 1.82) is 0 Å². The van der Waals surface area contributed by atoms with Crippen LogP contribution < -0.4 is 0 Å². The smallest absolute Gasteiger partial charge is 0.260 e. The number of amides is 2. The number of imide groups is 1. The Morgan fingerprint density at radius 1 is 1.19 bits per heavy atom. The summed E-state index contributed by atoms with van der Waals surface area (Å²) in [6.45, 7) is 3.46. The van der Waals surface area contributed by atoms with Crippen molar-refractivity contribution in [3.63, 3.8) is 0 Å². The van der Waals surface area contributed by atoms with Crippen LogP contribution in [0.15, 0.2) is 42.0 Å². The molecule has 3 heteroatoms. The summed E-state index contributed by atoms with van der Waals surface area (Å²) in [7, 11) is 1.49. The number of likely N-dealkylation sites (N-methyl/N-ethyl adjacent to an activating group) is 1. The summed E-state index contributed by atoms with van der Waals surface area (Å²) in [5.41, 5.74) is 1.08. The SMILES string of the molecule is C/C=C(\C)C(=O)N(C)C(=O)c1ccccc1. The highest BCUT2D eigenvalue weighted by Gasteiger charge is 2.18. The first kappa shape index (κ1) is 12.2. The molecule has 1 rings (SSSR count). The summed E-state index contributed by atoms with van der Waals surface area (Å²) in [6, 6.07) is 8.76. The molecule has 0 saturated heterocycles. The predicted octanol–water partition coefficient (Wildman–Crippen LogP) is 2.25. The molecule has 1 aromatic carbocycles. The first-order valence-electron chi connectivity index (χ1n) is 5.08. The van der Waals surface area contributed by atoms with Gasteiger partial charge in [0, 0.05) is 18.2 Å². The van der Waals surface area contributed by atoms with Crippen molar-refractivity contribution in [3.8, 4) is 0 Å². The average molecular weight is 217 g/mol. The lowest BCUT2D eigenvalue weighted by molar-refractivity contribution is -0.123. The topological polar surface area (TPSA) is 37.4 Å². The molecule has 0 aliphatic rings.